The van der Waals surface area contributed by atoms with E-state index in [0.717, 1.165) is 40.2 Å². The van der Waals surface area contributed by atoms with Crippen LogP contribution in [0.5, 0.6) is 0 Å². The number of rotatable bonds is 4. The fraction of sp³-hybridized carbons (Fsp3) is 0.0909. The SMILES string of the molecule is O=C([O-])c1c(N2C(=O)c3cscc3NN2O)c2cc(C(F)(F)F)ccc2n1Cc1cc(F)ccc1Cl. The van der Waals surface area contributed by atoms with Crippen molar-refractivity contribution in [3.63, 3.8) is 0 Å². The van der Waals surface area contributed by atoms with Crippen LogP contribution in [0.15, 0.2) is 47.2 Å². The van der Waals surface area contributed by atoms with Crippen LogP contribution in [0.25, 0.3) is 10.9 Å². The van der Waals surface area contributed by atoms with Gasteiger partial charge < -0.3 is 14.5 Å². The number of fused-ring (bicyclic) bond motifs is 2. The number of aromatic nitrogens is 1. The summed E-state index contributed by atoms with van der Waals surface area (Å²) in [5.41, 5.74) is 0.334. The molecule has 0 bridgehead atoms. The van der Waals surface area contributed by atoms with Gasteiger partial charge in [-0.05, 0) is 42.0 Å². The number of carboxylic acid groups (broad SMARTS) is 1. The van der Waals surface area contributed by atoms with Crippen molar-refractivity contribution in [1.29, 1.82) is 0 Å². The first-order valence-electron chi connectivity index (χ1n) is 10.0. The maximum absolute atomic E-state index is 13.9. The number of carboxylic acids is 1. The lowest BCUT2D eigenvalue weighted by Gasteiger charge is -2.34. The summed E-state index contributed by atoms with van der Waals surface area (Å²) in [7, 11) is 0. The molecule has 0 spiro atoms. The van der Waals surface area contributed by atoms with Crippen molar-refractivity contribution in [2.24, 2.45) is 0 Å². The Bertz CT molecular complexity index is 1550. The molecule has 5 rings (SSSR count). The zero-order chi connectivity index (χ0) is 25.9. The zero-order valence-corrected chi connectivity index (χ0v) is 19.2. The van der Waals surface area contributed by atoms with Crippen molar-refractivity contribution in [2.45, 2.75) is 12.7 Å². The molecule has 1 amide bonds. The molecule has 8 nitrogen and oxygen atoms in total. The molecule has 186 valence electrons. The maximum atomic E-state index is 13.9. The van der Waals surface area contributed by atoms with Gasteiger partial charge in [0.1, 0.15) is 11.5 Å². The second kappa shape index (κ2) is 8.48. The van der Waals surface area contributed by atoms with E-state index >= 15 is 0 Å². The lowest BCUT2D eigenvalue weighted by Crippen LogP contribution is -2.52. The Morgan fingerprint density at radius 2 is 1.92 bits per heavy atom. The van der Waals surface area contributed by atoms with Crippen LogP contribution in [0.4, 0.5) is 28.9 Å². The summed E-state index contributed by atoms with van der Waals surface area (Å²) in [4.78, 5) is 25.6. The molecule has 2 aromatic heterocycles. The van der Waals surface area contributed by atoms with Crippen molar-refractivity contribution in [1.82, 2.24) is 9.85 Å². The molecule has 0 atom stereocenters. The van der Waals surface area contributed by atoms with Crippen molar-refractivity contribution in [3.8, 4) is 0 Å². The summed E-state index contributed by atoms with van der Waals surface area (Å²) in [5, 5.41) is 26.3. The number of thiophene rings is 1. The number of hydrogen-bond donors (Lipinski definition) is 2. The average Bonchev–Trinajstić information content (AvgIpc) is 3.38. The van der Waals surface area contributed by atoms with E-state index in [0.29, 0.717) is 11.1 Å². The van der Waals surface area contributed by atoms with Gasteiger partial charge in [-0.2, -0.15) is 18.2 Å². The Hall–Kier alpha value is -3.65. The lowest BCUT2D eigenvalue weighted by atomic mass is 10.1. The van der Waals surface area contributed by atoms with Crippen LogP contribution in [0.1, 0.15) is 32.0 Å². The highest BCUT2D eigenvalue weighted by Gasteiger charge is 2.38. The van der Waals surface area contributed by atoms with E-state index in [1.807, 2.05) is 0 Å². The average molecular weight is 540 g/mol. The number of alkyl halides is 3. The summed E-state index contributed by atoms with van der Waals surface area (Å²) >= 11 is 7.25. The minimum Gasteiger partial charge on any atom is -0.543 e. The van der Waals surface area contributed by atoms with Crippen LogP contribution in [0, 0.1) is 5.82 Å². The topological polar surface area (TPSA) is 101 Å². The van der Waals surface area contributed by atoms with Crippen LogP contribution < -0.4 is 15.5 Å². The van der Waals surface area contributed by atoms with Gasteiger partial charge in [0.25, 0.3) is 5.91 Å². The van der Waals surface area contributed by atoms with Gasteiger partial charge in [0.05, 0.1) is 34.0 Å². The summed E-state index contributed by atoms with van der Waals surface area (Å²) in [6.45, 7) is -0.396. The molecule has 0 fully saturated rings. The number of hydrogen-bond acceptors (Lipinski definition) is 7. The third-order valence-corrected chi connectivity index (χ3v) is 6.71. The van der Waals surface area contributed by atoms with E-state index in [9.17, 15) is 37.5 Å². The first kappa shape index (κ1) is 24.1. The Kier molecular flexibility index (Phi) is 5.67. The molecule has 0 unspecified atom stereocenters. The first-order chi connectivity index (χ1) is 17.0. The molecule has 4 aromatic rings. The Balaban J connectivity index is 1.82. The molecule has 2 N–H and O–H groups in total. The van der Waals surface area contributed by atoms with E-state index in [-0.39, 0.29) is 38.0 Å². The third kappa shape index (κ3) is 3.86. The highest BCUT2D eigenvalue weighted by atomic mass is 35.5. The van der Waals surface area contributed by atoms with E-state index < -0.39 is 47.4 Å². The van der Waals surface area contributed by atoms with Crippen LogP contribution in [0.3, 0.4) is 0 Å². The van der Waals surface area contributed by atoms with Gasteiger partial charge >= 0.3 is 6.18 Å². The number of benzene rings is 2. The molecule has 0 radical (unpaired) electrons. The molecule has 0 saturated heterocycles. The van der Waals surface area contributed by atoms with Gasteiger partial charge in [-0.25, -0.2) is 4.39 Å². The molecular formula is C22H12ClF4N4O4S-. The number of nitrogens with zero attached hydrogens (tertiary/aromatic N) is 3. The van der Waals surface area contributed by atoms with Gasteiger partial charge in [-0.3, -0.25) is 15.4 Å². The minimum atomic E-state index is -4.80. The molecule has 0 aliphatic carbocycles. The smallest absolute Gasteiger partial charge is 0.416 e. The van der Waals surface area contributed by atoms with Crippen molar-refractivity contribution >= 4 is 57.1 Å². The van der Waals surface area contributed by atoms with Gasteiger partial charge in [-0.15, -0.1) is 11.3 Å². The summed E-state index contributed by atoms with van der Waals surface area (Å²) in [6.07, 6.45) is -4.80. The van der Waals surface area contributed by atoms with Crippen molar-refractivity contribution < 1.29 is 37.5 Å². The maximum Gasteiger partial charge on any atom is 0.416 e. The van der Waals surface area contributed by atoms with Crippen LogP contribution in [0.2, 0.25) is 5.02 Å². The molecule has 3 heterocycles. The monoisotopic (exact) mass is 539 g/mol. The Morgan fingerprint density at radius 1 is 1.17 bits per heavy atom. The van der Waals surface area contributed by atoms with Gasteiger partial charge in [0.15, 0.2) is 0 Å². The van der Waals surface area contributed by atoms with Crippen molar-refractivity contribution in [2.75, 3.05) is 10.4 Å². The fourth-order valence-electron chi connectivity index (χ4n) is 4.04. The van der Waals surface area contributed by atoms with Crippen LogP contribution in [-0.2, 0) is 12.7 Å². The molecular weight excluding hydrogens is 528 g/mol. The number of aromatic carboxylic acids is 1. The molecule has 0 saturated carbocycles. The molecule has 1 aliphatic rings. The minimum absolute atomic E-state index is 0.0515. The van der Waals surface area contributed by atoms with Crippen LogP contribution in [-0.4, -0.2) is 26.9 Å². The molecule has 2 aromatic carbocycles. The van der Waals surface area contributed by atoms with Gasteiger partial charge in [-0.1, -0.05) is 11.6 Å². The van der Waals surface area contributed by atoms with E-state index in [1.165, 1.54) is 16.8 Å². The normalized spacial score (nSPS) is 14.3. The highest BCUT2D eigenvalue weighted by Crippen LogP contribution is 2.42. The van der Waals surface area contributed by atoms with Gasteiger partial charge in [0, 0.05) is 33.0 Å². The number of nitrogens with one attached hydrogen (secondary N) is 1. The third-order valence-electron chi connectivity index (χ3n) is 5.60. The van der Waals surface area contributed by atoms with E-state index in [2.05, 4.69) is 5.43 Å². The summed E-state index contributed by atoms with van der Waals surface area (Å²) in [6, 6.07) is 5.77. The Labute approximate surface area is 208 Å². The molecule has 1 aliphatic heterocycles. The second-order valence-electron chi connectivity index (χ2n) is 7.75. The molecule has 36 heavy (non-hydrogen) atoms. The number of halogens is 5. The number of hydrazine groups is 2. The summed E-state index contributed by atoms with van der Waals surface area (Å²) in [5.74, 6) is -3.45. The second-order valence-corrected chi connectivity index (χ2v) is 8.90. The van der Waals surface area contributed by atoms with Crippen molar-refractivity contribution in [3.05, 3.63) is 80.4 Å². The molecule has 14 heteroatoms. The predicted molar refractivity (Wildman–Crippen MR) is 120 cm³/mol. The quantitative estimate of drug-likeness (QED) is 0.370. The van der Waals surface area contributed by atoms with Crippen LogP contribution >= 0.6 is 22.9 Å². The fourth-order valence-corrected chi connectivity index (χ4v) is 4.96. The number of anilines is 2. The zero-order valence-electron chi connectivity index (χ0n) is 17.6. The standard InChI is InChI=1S/C22H13ClF4N4O4S/c23-15-3-2-12(24)5-10(15)7-29-17-4-1-11(22(25,26)27)6-13(17)18(19(29)21(33)34)30-20(32)14-8-36-9-16(14)28-31(30)35/h1-6,8-9,28,35H,7H2,(H,33,34)/p-1. The van der Waals surface area contributed by atoms with Gasteiger partial charge in [0.2, 0.25) is 0 Å². The number of carbonyl (C=O) groups is 2. The van der Waals surface area contributed by atoms with E-state index in [1.54, 1.807) is 0 Å². The highest BCUT2D eigenvalue weighted by molar-refractivity contribution is 7.08. The summed E-state index contributed by atoms with van der Waals surface area (Å²) < 4.78 is 55.6. The Morgan fingerprint density at radius 3 is 2.61 bits per heavy atom. The van der Waals surface area contributed by atoms with E-state index in [4.69, 9.17) is 11.6 Å². The lowest BCUT2D eigenvalue weighted by molar-refractivity contribution is -0.255. The number of amides is 1. The largest absolute Gasteiger partial charge is 0.543 e. The predicted octanol–water partition coefficient (Wildman–Crippen LogP) is 4.52. The first-order valence-corrected chi connectivity index (χ1v) is 11.3. The number of carbonyl (C=O) groups excluding carboxylic acids is 2.